The lowest BCUT2D eigenvalue weighted by Gasteiger charge is -2.09. The molecule has 0 spiro atoms. The van der Waals surface area contributed by atoms with Gasteiger partial charge in [-0.2, -0.15) is 0 Å². The second kappa shape index (κ2) is 43.5. The summed E-state index contributed by atoms with van der Waals surface area (Å²) in [6.07, 6.45) is 5.07. The maximum Gasteiger partial charge on any atom is 0.305 e. The molecule has 284 valence electrons. The smallest absolute Gasteiger partial charge is 0.305 e. The predicted molar refractivity (Wildman–Crippen MR) is 173 cm³/mol. The van der Waals surface area contributed by atoms with Crippen LogP contribution in [0.15, 0.2) is 0 Å². The normalized spacial score (nSPS) is 11.3. The second-order valence-electron chi connectivity index (χ2n) is 9.36. The van der Waals surface area contributed by atoms with E-state index in [1.807, 2.05) is 0 Å². The summed E-state index contributed by atoms with van der Waals surface area (Å²) in [6, 6.07) is 0. The Kier molecular flexibility index (Phi) is 42.1. The molecule has 0 saturated heterocycles. The first-order chi connectivity index (χ1) is 23.8. The first-order valence-corrected chi connectivity index (χ1v) is 16.5. The van der Waals surface area contributed by atoms with Gasteiger partial charge in [-0.25, -0.2) is 0 Å². The van der Waals surface area contributed by atoms with Crippen LogP contribution < -0.4 is 0 Å². The van der Waals surface area contributed by atoms with Crippen LogP contribution in [-0.2, 0) is 71.1 Å². The van der Waals surface area contributed by atoms with E-state index in [0.717, 1.165) is 0 Å². The van der Waals surface area contributed by atoms with Crippen LogP contribution in [0.1, 0.15) is 6.42 Å². The van der Waals surface area contributed by atoms with E-state index in [2.05, 4.69) is 5.92 Å². The van der Waals surface area contributed by atoms with Crippen molar-refractivity contribution in [1.82, 2.24) is 0 Å². The van der Waals surface area contributed by atoms with E-state index >= 15 is 0 Å². The van der Waals surface area contributed by atoms with Gasteiger partial charge in [0.05, 0.1) is 185 Å². The van der Waals surface area contributed by atoms with Crippen LogP contribution in [0.25, 0.3) is 0 Å². The maximum atomic E-state index is 10.3. The molecule has 0 aliphatic heterocycles. The molecule has 16 heteroatoms. The lowest BCUT2D eigenvalue weighted by atomic mass is 10.5. The number of carboxylic acids is 1. The molecule has 0 fully saturated rings. The van der Waals surface area contributed by atoms with Crippen molar-refractivity contribution in [2.75, 3.05) is 185 Å². The molecule has 48 heavy (non-hydrogen) atoms. The van der Waals surface area contributed by atoms with Crippen LogP contribution in [-0.4, -0.2) is 196 Å². The molecule has 16 nitrogen and oxygen atoms in total. The Morgan fingerprint density at radius 2 is 0.500 bits per heavy atom. The number of terminal acetylenes is 1. The highest BCUT2D eigenvalue weighted by Crippen LogP contribution is 1.88. The Morgan fingerprint density at radius 3 is 0.667 bits per heavy atom. The molecule has 0 aliphatic carbocycles. The molecule has 0 aromatic heterocycles. The van der Waals surface area contributed by atoms with Crippen LogP contribution >= 0.6 is 0 Å². The summed E-state index contributed by atoms with van der Waals surface area (Å²) in [5, 5.41) is 8.49. The molecule has 0 radical (unpaired) electrons. The monoisotopic (exact) mass is 700 g/mol. The summed E-state index contributed by atoms with van der Waals surface area (Å²) in [5.74, 6) is 1.52. The molecule has 0 saturated carbocycles. The summed E-state index contributed by atoms with van der Waals surface area (Å²) in [5.41, 5.74) is 0. The third-order valence-corrected chi connectivity index (χ3v) is 5.48. The number of ether oxygens (including phenoxy) is 14. The molecule has 0 heterocycles. The van der Waals surface area contributed by atoms with Crippen LogP contribution in [0.3, 0.4) is 0 Å². The van der Waals surface area contributed by atoms with Gasteiger partial charge in [-0.15, -0.1) is 6.42 Å². The van der Waals surface area contributed by atoms with Crippen LogP contribution in [0, 0.1) is 12.3 Å². The van der Waals surface area contributed by atoms with Gasteiger partial charge in [0.15, 0.2) is 0 Å². The summed E-state index contributed by atoms with van der Waals surface area (Å²) in [4.78, 5) is 10.3. The fourth-order valence-electron chi connectivity index (χ4n) is 3.15. The third-order valence-electron chi connectivity index (χ3n) is 5.48. The fourth-order valence-corrected chi connectivity index (χ4v) is 3.15. The van der Waals surface area contributed by atoms with Gasteiger partial charge in [0.1, 0.15) is 6.61 Å². The topological polar surface area (TPSA) is 167 Å². The van der Waals surface area contributed by atoms with Gasteiger partial charge in [-0.05, 0) is 0 Å². The van der Waals surface area contributed by atoms with E-state index in [0.29, 0.717) is 178 Å². The molecule has 0 amide bonds. The number of hydrogen-bond acceptors (Lipinski definition) is 15. The summed E-state index contributed by atoms with van der Waals surface area (Å²) < 4.78 is 75.3. The molecule has 0 rings (SSSR count). The van der Waals surface area contributed by atoms with Crippen molar-refractivity contribution in [3.05, 3.63) is 0 Å². The summed E-state index contributed by atoms with van der Waals surface area (Å²) in [6.45, 7) is 13.0. The Hall–Kier alpha value is -1.53. The van der Waals surface area contributed by atoms with Crippen molar-refractivity contribution in [3.63, 3.8) is 0 Å². The highest BCUT2D eigenvalue weighted by Gasteiger charge is 1.98. The van der Waals surface area contributed by atoms with Gasteiger partial charge >= 0.3 is 5.97 Å². The second-order valence-corrected chi connectivity index (χ2v) is 9.36. The number of aliphatic carboxylic acids is 1. The minimum Gasteiger partial charge on any atom is -0.481 e. The Morgan fingerprint density at radius 1 is 0.333 bits per heavy atom. The van der Waals surface area contributed by atoms with E-state index in [1.54, 1.807) is 0 Å². The highest BCUT2D eigenvalue weighted by atomic mass is 16.6. The molecule has 0 bridgehead atoms. The number of hydrogen-bond donors (Lipinski definition) is 1. The van der Waals surface area contributed by atoms with Gasteiger partial charge in [0.25, 0.3) is 0 Å². The first kappa shape index (κ1) is 46.5. The molecule has 0 aromatic rings. The van der Waals surface area contributed by atoms with Gasteiger partial charge < -0.3 is 71.4 Å². The summed E-state index contributed by atoms with van der Waals surface area (Å²) >= 11 is 0. The summed E-state index contributed by atoms with van der Waals surface area (Å²) in [7, 11) is 0. The van der Waals surface area contributed by atoms with Crippen LogP contribution in [0.5, 0.6) is 0 Å². The zero-order valence-corrected chi connectivity index (χ0v) is 28.7. The average molecular weight is 701 g/mol. The number of rotatable bonds is 43. The largest absolute Gasteiger partial charge is 0.481 e. The quantitative estimate of drug-likeness (QED) is 0.0682. The molecule has 0 aromatic carbocycles. The molecule has 0 atom stereocenters. The van der Waals surface area contributed by atoms with E-state index < -0.39 is 5.97 Å². The average Bonchev–Trinajstić information content (AvgIpc) is 3.08. The van der Waals surface area contributed by atoms with Crippen LogP contribution in [0.2, 0.25) is 0 Å². The van der Waals surface area contributed by atoms with E-state index in [4.69, 9.17) is 77.8 Å². The Balaban J connectivity index is 3.05. The number of carboxylic acid groups (broad SMARTS) is 1. The van der Waals surface area contributed by atoms with Crippen molar-refractivity contribution in [2.45, 2.75) is 6.42 Å². The van der Waals surface area contributed by atoms with Crippen molar-refractivity contribution in [1.29, 1.82) is 0 Å². The van der Waals surface area contributed by atoms with E-state index in [-0.39, 0.29) is 13.0 Å². The third kappa shape index (κ3) is 44.5. The lowest BCUT2D eigenvalue weighted by Crippen LogP contribution is -2.15. The fraction of sp³-hybridized carbons (Fsp3) is 0.906. The van der Waals surface area contributed by atoms with Crippen LogP contribution in [0.4, 0.5) is 0 Å². The van der Waals surface area contributed by atoms with Crippen molar-refractivity contribution < 1.29 is 76.2 Å². The Bertz CT molecular complexity index is 667. The molecular weight excluding hydrogens is 640 g/mol. The minimum absolute atomic E-state index is 0.00475. The number of carbonyl (C=O) groups is 1. The predicted octanol–water partition coefficient (Wildman–Crippen LogP) is 0.327. The molecule has 1 N–H and O–H groups in total. The lowest BCUT2D eigenvalue weighted by molar-refractivity contribution is -0.138. The van der Waals surface area contributed by atoms with Gasteiger partial charge in [-0.1, -0.05) is 5.92 Å². The zero-order chi connectivity index (χ0) is 34.7. The highest BCUT2D eigenvalue weighted by molar-refractivity contribution is 5.66. The van der Waals surface area contributed by atoms with Crippen molar-refractivity contribution in [3.8, 4) is 12.3 Å². The molecular formula is C32H60O16. The Labute approximate surface area is 286 Å². The maximum absolute atomic E-state index is 10.3. The van der Waals surface area contributed by atoms with E-state index in [9.17, 15) is 4.79 Å². The molecule has 0 unspecified atom stereocenters. The minimum atomic E-state index is -0.876. The van der Waals surface area contributed by atoms with Gasteiger partial charge in [-0.3, -0.25) is 4.79 Å². The SMILES string of the molecule is C#CCOCCOCCOCCOCCOCCOCCOCCOCCOCCOCCOCCOCCOCCOCCC(=O)O. The zero-order valence-electron chi connectivity index (χ0n) is 28.7. The van der Waals surface area contributed by atoms with Crippen molar-refractivity contribution in [2.24, 2.45) is 0 Å². The standard InChI is InChI=1S/C32H60O16/c1-2-4-35-6-8-37-10-12-39-14-16-41-18-20-43-22-24-45-26-28-47-30-31-48-29-27-46-25-23-44-21-19-42-17-15-40-13-11-38-9-7-36-5-3-32(33)34/h1H,3-31H2,(H,33,34). The van der Waals surface area contributed by atoms with Crippen molar-refractivity contribution >= 4 is 5.97 Å². The first-order valence-electron chi connectivity index (χ1n) is 16.5. The van der Waals surface area contributed by atoms with Gasteiger partial charge in [0.2, 0.25) is 0 Å². The molecule has 0 aliphatic rings. The van der Waals surface area contributed by atoms with Gasteiger partial charge in [0, 0.05) is 0 Å². The van der Waals surface area contributed by atoms with E-state index in [1.165, 1.54) is 0 Å².